The van der Waals surface area contributed by atoms with Crippen LogP contribution in [0.1, 0.15) is 11.1 Å². The van der Waals surface area contributed by atoms with Crippen LogP contribution in [-0.4, -0.2) is 37.2 Å². The fourth-order valence-corrected chi connectivity index (χ4v) is 2.46. The molecule has 0 aromatic heterocycles. The molecule has 0 bridgehead atoms. The molecule has 0 radical (unpaired) electrons. The normalized spacial score (nSPS) is 15.6. The van der Waals surface area contributed by atoms with Gasteiger partial charge >= 0.3 is 0 Å². The van der Waals surface area contributed by atoms with Crippen LogP contribution in [-0.2, 0) is 4.74 Å². The molecule has 1 saturated heterocycles. The van der Waals surface area contributed by atoms with Gasteiger partial charge in [-0.3, -0.25) is 0 Å². The number of aryl methyl sites for hydroxylation is 2. The summed E-state index contributed by atoms with van der Waals surface area (Å²) in [5, 5.41) is 3.46. The highest BCUT2D eigenvalue weighted by atomic mass is 16.5. The van der Waals surface area contributed by atoms with Crippen molar-refractivity contribution in [2.24, 2.45) is 4.99 Å². The summed E-state index contributed by atoms with van der Waals surface area (Å²) in [6.45, 7) is 7.35. The van der Waals surface area contributed by atoms with Gasteiger partial charge in [-0.2, -0.15) is 0 Å². The van der Waals surface area contributed by atoms with Crippen molar-refractivity contribution in [1.29, 1.82) is 0 Å². The summed E-state index contributed by atoms with van der Waals surface area (Å²) in [5.74, 6) is 0.876. The number of aliphatic imine (C=N–C) groups is 1. The monoisotopic (exact) mass is 309 g/mol. The highest BCUT2D eigenvalue weighted by molar-refractivity contribution is 5.95. The Morgan fingerprint density at radius 1 is 0.913 bits per heavy atom. The van der Waals surface area contributed by atoms with E-state index >= 15 is 0 Å². The van der Waals surface area contributed by atoms with Gasteiger partial charge in [0.25, 0.3) is 0 Å². The molecule has 4 heteroatoms. The Labute approximate surface area is 137 Å². The third-order valence-electron chi connectivity index (χ3n) is 3.89. The first kappa shape index (κ1) is 15.6. The second-order valence-corrected chi connectivity index (χ2v) is 5.86. The maximum atomic E-state index is 5.46. The zero-order chi connectivity index (χ0) is 16.1. The van der Waals surface area contributed by atoms with Crippen LogP contribution in [0, 0.1) is 13.8 Å². The van der Waals surface area contributed by atoms with E-state index in [4.69, 9.17) is 9.73 Å². The maximum Gasteiger partial charge on any atom is 0.203 e. The molecule has 2 aromatic rings. The Bertz CT molecular complexity index is 656. The van der Waals surface area contributed by atoms with E-state index in [1.165, 1.54) is 11.1 Å². The standard InChI is InChI=1S/C19H23N3O/c1-15-3-7-17(8-4-15)20-19(22-11-13-23-14-12-22)21-18-9-5-16(2)6-10-18/h3-10H,11-14H2,1-2H3,(H,20,21). The first-order valence-electron chi connectivity index (χ1n) is 8.02. The van der Waals surface area contributed by atoms with Crippen LogP contribution in [0.5, 0.6) is 0 Å². The highest BCUT2D eigenvalue weighted by Gasteiger charge is 2.15. The van der Waals surface area contributed by atoms with Crippen LogP contribution in [0.3, 0.4) is 0 Å². The van der Waals surface area contributed by atoms with Crippen LogP contribution < -0.4 is 5.32 Å². The van der Waals surface area contributed by atoms with Gasteiger partial charge in [0.15, 0.2) is 0 Å². The van der Waals surface area contributed by atoms with E-state index < -0.39 is 0 Å². The lowest BCUT2D eigenvalue weighted by Crippen LogP contribution is -2.44. The van der Waals surface area contributed by atoms with Gasteiger partial charge in [-0.15, -0.1) is 0 Å². The van der Waals surface area contributed by atoms with Crippen molar-refractivity contribution in [3.63, 3.8) is 0 Å². The number of ether oxygens (including phenoxy) is 1. The number of morpholine rings is 1. The summed E-state index contributed by atoms with van der Waals surface area (Å²) in [4.78, 5) is 7.06. The van der Waals surface area contributed by atoms with Crippen molar-refractivity contribution in [3.05, 3.63) is 59.7 Å². The second-order valence-electron chi connectivity index (χ2n) is 5.86. The topological polar surface area (TPSA) is 36.9 Å². The summed E-state index contributed by atoms with van der Waals surface area (Å²) in [5.41, 5.74) is 4.49. The number of benzene rings is 2. The third kappa shape index (κ3) is 4.33. The van der Waals surface area contributed by atoms with Crippen LogP contribution >= 0.6 is 0 Å². The molecule has 0 aliphatic carbocycles. The molecule has 4 nitrogen and oxygen atoms in total. The zero-order valence-corrected chi connectivity index (χ0v) is 13.7. The van der Waals surface area contributed by atoms with Crippen molar-refractivity contribution in [3.8, 4) is 0 Å². The maximum absolute atomic E-state index is 5.46. The van der Waals surface area contributed by atoms with Gasteiger partial charge in [0.1, 0.15) is 0 Å². The first-order chi connectivity index (χ1) is 11.2. The minimum Gasteiger partial charge on any atom is -0.378 e. The molecule has 0 amide bonds. The molecule has 1 aliphatic rings. The lowest BCUT2D eigenvalue weighted by Gasteiger charge is -2.30. The van der Waals surface area contributed by atoms with Gasteiger partial charge in [0, 0.05) is 18.8 Å². The number of rotatable bonds is 2. The molecule has 0 saturated carbocycles. The Morgan fingerprint density at radius 3 is 2.09 bits per heavy atom. The first-order valence-corrected chi connectivity index (χ1v) is 8.02. The molecule has 1 fully saturated rings. The number of anilines is 1. The molecule has 1 heterocycles. The minimum absolute atomic E-state index is 0.739. The lowest BCUT2D eigenvalue weighted by molar-refractivity contribution is 0.0680. The van der Waals surface area contributed by atoms with E-state index in [-0.39, 0.29) is 0 Å². The van der Waals surface area contributed by atoms with E-state index in [0.29, 0.717) is 0 Å². The molecule has 0 unspecified atom stereocenters. The molecule has 3 rings (SSSR count). The number of hydrogen-bond donors (Lipinski definition) is 1. The van der Waals surface area contributed by atoms with Crippen molar-refractivity contribution in [2.45, 2.75) is 13.8 Å². The zero-order valence-electron chi connectivity index (χ0n) is 13.7. The van der Waals surface area contributed by atoms with E-state index in [0.717, 1.165) is 43.6 Å². The van der Waals surface area contributed by atoms with Crippen molar-refractivity contribution in [1.82, 2.24) is 4.90 Å². The van der Waals surface area contributed by atoms with E-state index in [2.05, 4.69) is 60.5 Å². The highest BCUT2D eigenvalue weighted by Crippen LogP contribution is 2.16. The SMILES string of the molecule is Cc1ccc(N=C(Nc2ccc(C)cc2)N2CCOCC2)cc1. The van der Waals surface area contributed by atoms with Gasteiger partial charge < -0.3 is 15.0 Å². The predicted molar refractivity (Wildman–Crippen MR) is 95.5 cm³/mol. The summed E-state index contributed by atoms with van der Waals surface area (Å²) in [7, 11) is 0. The summed E-state index contributed by atoms with van der Waals surface area (Å²) in [6.07, 6.45) is 0. The molecule has 23 heavy (non-hydrogen) atoms. The largest absolute Gasteiger partial charge is 0.378 e. The molecule has 2 aromatic carbocycles. The van der Waals surface area contributed by atoms with Crippen LogP contribution in [0.4, 0.5) is 11.4 Å². The van der Waals surface area contributed by atoms with Gasteiger partial charge in [-0.1, -0.05) is 35.4 Å². The van der Waals surface area contributed by atoms with Gasteiger partial charge in [-0.25, -0.2) is 4.99 Å². The van der Waals surface area contributed by atoms with Crippen molar-refractivity contribution in [2.75, 3.05) is 31.6 Å². The average molecular weight is 309 g/mol. The van der Waals surface area contributed by atoms with Gasteiger partial charge in [0.2, 0.25) is 5.96 Å². The lowest BCUT2D eigenvalue weighted by atomic mass is 10.2. The Morgan fingerprint density at radius 2 is 1.48 bits per heavy atom. The summed E-state index contributed by atoms with van der Waals surface area (Å²) in [6, 6.07) is 16.6. The number of nitrogens with one attached hydrogen (secondary N) is 1. The van der Waals surface area contributed by atoms with E-state index in [1.54, 1.807) is 0 Å². The second kappa shape index (κ2) is 7.29. The van der Waals surface area contributed by atoms with Crippen molar-refractivity contribution >= 4 is 17.3 Å². The van der Waals surface area contributed by atoms with Gasteiger partial charge in [0.05, 0.1) is 18.9 Å². The predicted octanol–water partition coefficient (Wildman–Crippen LogP) is 3.74. The third-order valence-corrected chi connectivity index (χ3v) is 3.89. The number of nitrogens with zero attached hydrogens (tertiary/aromatic N) is 2. The van der Waals surface area contributed by atoms with Crippen LogP contribution in [0.15, 0.2) is 53.5 Å². The molecule has 1 aliphatic heterocycles. The number of guanidine groups is 1. The minimum atomic E-state index is 0.739. The molecule has 0 spiro atoms. The molecular weight excluding hydrogens is 286 g/mol. The van der Waals surface area contributed by atoms with Gasteiger partial charge in [-0.05, 0) is 38.1 Å². The Kier molecular flexibility index (Phi) is 4.93. The molecule has 0 atom stereocenters. The smallest absolute Gasteiger partial charge is 0.203 e. The summed E-state index contributed by atoms with van der Waals surface area (Å²) < 4.78 is 5.46. The molecule has 1 N–H and O–H groups in total. The average Bonchev–Trinajstić information content (AvgIpc) is 2.59. The van der Waals surface area contributed by atoms with Crippen LogP contribution in [0.2, 0.25) is 0 Å². The Hall–Kier alpha value is -2.33. The van der Waals surface area contributed by atoms with E-state index in [9.17, 15) is 0 Å². The number of hydrogen-bond acceptors (Lipinski definition) is 2. The fraction of sp³-hybridized carbons (Fsp3) is 0.316. The van der Waals surface area contributed by atoms with Crippen molar-refractivity contribution < 1.29 is 4.74 Å². The summed E-state index contributed by atoms with van der Waals surface area (Å²) >= 11 is 0. The Balaban J connectivity index is 1.86. The van der Waals surface area contributed by atoms with Crippen LogP contribution in [0.25, 0.3) is 0 Å². The quantitative estimate of drug-likeness (QED) is 0.678. The van der Waals surface area contributed by atoms with E-state index in [1.807, 2.05) is 12.1 Å². The fourth-order valence-electron chi connectivity index (χ4n) is 2.46. The molecule has 120 valence electrons. The molecular formula is C19H23N3O.